The van der Waals surface area contributed by atoms with Crippen molar-refractivity contribution in [2.75, 3.05) is 13.2 Å². The number of imide groups is 1. The Bertz CT molecular complexity index is 1110. The van der Waals surface area contributed by atoms with Gasteiger partial charge in [0.1, 0.15) is 35.9 Å². The molecule has 0 radical (unpaired) electrons. The lowest BCUT2D eigenvalue weighted by Gasteiger charge is -2.17. The number of hydrogen-bond acceptors (Lipinski definition) is 9. The molecular formula is C24H25ClN2O8. The summed E-state index contributed by atoms with van der Waals surface area (Å²) >= 11 is 6.31. The highest BCUT2D eigenvalue weighted by atomic mass is 35.5. The Morgan fingerprint density at radius 3 is 2.66 bits per heavy atom. The molecule has 3 unspecified atom stereocenters. The molecule has 0 saturated carbocycles. The molecule has 3 atom stereocenters. The van der Waals surface area contributed by atoms with Crippen LogP contribution in [0, 0.1) is 0 Å². The molecule has 2 amide bonds. The van der Waals surface area contributed by atoms with E-state index in [4.69, 9.17) is 25.9 Å². The number of likely N-dealkylation sites (tertiary alicyclic amines) is 1. The first-order valence-corrected chi connectivity index (χ1v) is 11.6. The van der Waals surface area contributed by atoms with Crippen LogP contribution < -0.4 is 0 Å². The van der Waals surface area contributed by atoms with Crippen molar-refractivity contribution in [3.63, 3.8) is 0 Å². The van der Waals surface area contributed by atoms with Gasteiger partial charge in [-0.3, -0.25) is 14.5 Å². The molecule has 0 aromatic heterocycles. The van der Waals surface area contributed by atoms with Gasteiger partial charge >= 0.3 is 5.97 Å². The molecule has 2 N–H and O–H groups in total. The molecular weight excluding hydrogens is 480 g/mol. The number of rotatable bonds is 4. The van der Waals surface area contributed by atoms with E-state index in [2.05, 4.69) is 5.16 Å². The lowest BCUT2D eigenvalue weighted by molar-refractivity contribution is -0.139. The third kappa shape index (κ3) is 5.83. The minimum Gasteiger partial charge on any atom is -0.507 e. The lowest BCUT2D eigenvalue weighted by Crippen LogP contribution is -2.32. The SMILES string of the molecule is CC1CC2OC2\C=C/C=C/C(=N\OCCN2C(=O)CCC2=O)Cc2c(Cl)c(O)cc(O)c2C(=O)O1. The summed E-state index contributed by atoms with van der Waals surface area (Å²) in [5.41, 5.74) is 0.225. The largest absolute Gasteiger partial charge is 0.507 e. The Morgan fingerprint density at radius 2 is 1.91 bits per heavy atom. The van der Waals surface area contributed by atoms with Gasteiger partial charge in [-0.2, -0.15) is 0 Å². The summed E-state index contributed by atoms with van der Waals surface area (Å²) < 4.78 is 11.1. The summed E-state index contributed by atoms with van der Waals surface area (Å²) in [7, 11) is 0. The van der Waals surface area contributed by atoms with Gasteiger partial charge in [-0.25, -0.2) is 4.79 Å². The third-order valence-corrected chi connectivity index (χ3v) is 6.24. The zero-order chi connectivity index (χ0) is 25.1. The zero-order valence-electron chi connectivity index (χ0n) is 19.0. The fourth-order valence-corrected chi connectivity index (χ4v) is 4.20. The lowest BCUT2D eigenvalue weighted by atomic mass is 9.99. The number of carbonyl (C=O) groups is 3. The van der Waals surface area contributed by atoms with E-state index in [1.165, 1.54) is 0 Å². The van der Waals surface area contributed by atoms with E-state index >= 15 is 0 Å². The summed E-state index contributed by atoms with van der Waals surface area (Å²) in [5.74, 6) is -2.20. The molecule has 1 aromatic carbocycles. The van der Waals surface area contributed by atoms with Gasteiger partial charge in [0, 0.05) is 31.7 Å². The molecule has 186 valence electrons. The smallest absolute Gasteiger partial charge is 0.342 e. The number of epoxide rings is 1. The molecule has 0 spiro atoms. The standard InChI is InChI=1S/C24H25ClN2O8/c1-13-10-19-18(35-19)5-3-2-4-14(26-33-9-8-27-20(30)6-7-21(27)31)11-15-22(24(32)34-13)16(28)12-17(29)23(15)25/h2-5,12-13,18-19,28-29H,6-11H2,1H3/b4-2+,5-3-,26-14+. The average Bonchev–Trinajstić information content (AvgIpc) is 3.45. The number of fused-ring (bicyclic) bond motifs is 2. The van der Waals surface area contributed by atoms with Crippen LogP contribution in [0.2, 0.25) is 5.02 Å². The summed E-state index contributed by atoms with van der Waals surface area (Å²) in [4.78, 5) is 42.9. The summed E-state index contributed by atoms with van der Waals surface area (Å²) in [6.45, 7) is 1.75. The summed E-state index contributed by atoms with van der Waals surface area (Å²) in [6.07, 6.45) is 7.06. The number of allylic oxidation sites excluding steroid dienone is 3. The van der Waals surface area contributed by atoms with Crippen LogP contribution >= 0.6 is 11.6 Å². The van der Waals surface area contributed by atoms with E-state index in [1.54, 1.807) is 25.2 Å². The van der Waals surface area contributed by atoms with Crippen LogP contribution in [-0.2, 0) is 30.3 Å². The van der Waals surface area contributed by atoms with Crippen LogP contribution in [0.15, 0.2) is 35.5 Å². The maximum atomic E-state index is 12.9. The number of cyclic esters (lactones) is 1. The fraction of sp³-hybridized carbons (Fsp3) is 0.417. The number of nitrogens with zero attached hydrogens (tertiary/aromatic N) is 2. The van der Waals surface area contributed by atoms with Gasteiger partial charge in [0.25, 0.3) is 0 Å². The number of phenols is 2. The molecule has 0 aliphatic carbocycles. The highest BCUT2D eigenvalue weighted by Crippen LogP contribution is 2.38. The topological polar surface area (TPSA) is 138 Å². The van der Waals surface area contributed by atoms with E-state index in [1.807, 2.05) is 6.08 Å². The molecule has 35 heavy (non-hydrogen) atoms. The molecule has 0 bridgehead atoms. The first-order chi connectivity index (χ1) is 16.7. The molecule has 11 heteroatoms. The average molecular weight is 505 g/mol. The number of oxime groups is 1. The highest BCUT2D eigenvalue weighted by Gasteiger charge is 2.38. The molecule has 3 heterocycles. The van der Waals surface area contributed by atoms with Crippen molar-refractivity contribution in [2.24, 2.45) is 5.16 Å². The zero-order valence-corrected chi connectivity index (χ0v) is 19.7. The van der Waals surface area contributed by atoms with E-state index < -0.39 is 23.6 Å². The second-order valence-corrected chi connectivity index (χ2v) is 8.83. The third-order valence-electron chi connectivity index (χ3n) is 5.82. The van der Waals surface area contributed by atoms with Gasteiger partial charge in [0.05, 0.1) is 23.4 Å². The molecule has 2 saturated heterocycles. The van der Waals surface area contributed by atoms with Crippen LogP contribution in [0.5, 0.6) is 11.5 Å². The fourth-order valence-electron chi connectivity index (χ4n) is 3.99. The van der Waals surface area contributed by atoms with Crippen molar-refractivity contribution in [2.45, 2.75) is 50.9 Å². The van der Waals surface area contributed by atoms with Gasteiger partial charge in [-0.15, -0.1) is 0 Å². The molecule has 10 nitrogen and oxygen atoms in total. The number of phenolic OH excluding ortho intramolecular Hbond substituents is 2. The van der Waals surface area contributed by atoms with Crippen molar-refractivity contribution in [1.82, 2.24) is 4.90 Å². The minimum absolute atomic E-state index is 0.0340. The van der Waals surface area contributed by atoms with Gasteiger partial charge in [0.2, 0.25) is 11.8 Å². The van der Waals surface area contributed by atoms with E-state index in [0.29, 0.717) is 12.1 Å². The Hall–Kier alpha value is -3.37. The van der Waals surface area contributed by atoms with E-state index in [9.17, 15) is 24.6 Å². The number of hydrogen-bond donors (Lipinski definition) is 2. The molecule has 1 aromatic rings. The maximum Gasteiger partial charge on any atom is 0.342 e. The van der Waals surface area contributed by atoms with E-state index in [0.717, 1.165) is 11.0 Å². The molecule has 2 fully saturated rings. The van der Waals surface area contributed by atoms with Crippen molar-refractivity contribution >= 4 is 35.1 Å². The number of benzene rings is 1. The van der Waals surface area contributed by atoms with E-state index in [-0.39, 0.29) is 72.6 Å². The molecule has 3 aliphatic heterocycles. The van der Waals surface area contributed by atoms with Crippen LogP contribution in [0.1, 0.15) is 42.1 Å². The normalized spacial score (nSPS) is 27.6. The summed E-state index contributed by atoms with van der Waals surface area (Å²) in [5, 5.41) is 24.5. The number of amides is 2. The maximum absolute atomic E-state index is 12.9. The van der Waals surface area contributed by atoms with Crippen LogP contribution in [0.3, 0.4) is 0 Å². The predicted molar refractivity (Wildman–Crippen MR) is 124 cm³/mol. The van der Waals surface area contributed by atoms with Crippen molar-refractivity contribution in [3.8, 4) is 11.5 Å². The number of carbonyl (C=O) groups excluding carboxylic acids is 3. The van der Waals surface area contributed by atoms with Crippen molar-refractivity contribution in [3.05, 3.63) is 46.5 Å². The van der Waals surface area contributed by atoms with Crippen LogP contribution in [0.4, 0.5) is 0 Å². The molecule has 3 aliphatic rings. The second-order valence-electron chi connectivity index (χ2n) is 8.45. The monoisotopic (exact) mass is 504 g/mol. The van der Waals surface area contributed by atoms with Crippen molar-refractivity contribution < 1.29 is 38.9 Å². The van der Waals surface area contributed by atoms with Crippen molar-refractivity contribution in [1.29, 1.82) is 0 Å². The summed E-state index contributed by atoms with van der Waals surface area (Å²) in [6, 6.07) is 0.978. The van der Waals surface area contributed by atoms with Gasteiger partial charge in [-0.05, 0) is 18.6 Å². The molecule has 4 rings (SSSR count). The number of aromatic hydroxyl groups is 2. The quantitative estimate of drug-likeness (QED) is 0.210. The predicted octanol–water partition coefficient (Wildman–Crippen LogP) is 2.64. The Balaban J connectivity index is 1.61. The number of ether oxygens (including phenoxy) is 2. The first kappa shape index (κ1) is 24.7. The Kier molecular flexibility index (Phi) is 7.42. The van der Waals surface area contributed by atoms with Gasteiger partial charge in [0.15, 0.2) is 0 Å². The van der Waals surface area contributed by atoms with Crippen LogP contribution in [-0.4, -0.2) is 70.1 Å². The van der Waals surface area contributed by atoms with Crippen LogP contribution in [0.25, 0.3) is 0 Å². The van der Waals surface area contributed by atoms with Gasteiger partial charge < -0.3 is 24.5 Å². The first-order valence-electron chi connectivity index (χ1n) is 11.2. The number of halogens is 1. The minimum atomic E-state index is -0.799. The Labute approximate surface area is 206 Å². The number of esters is 1. The second kappa shape index (κ2) is 10.5. The van der Waals surface area contributed by atoms with Gasteiger partial charge in [-0.1, -0.05) is 35.0 Å². The Morgan fingerprint density at radius 1 is 1.17 bits per heavy atom. The highest BCUT2D eigenvalue weighted by molar-refractivity contribution is 6.33.